The van der Waals surface area contributed by atoms with E-state index in [2.05, 4.69) is 11.9 Å². The average Bonchev–Trinajstić information content (AvgIpc) is 3.21. The van der Waals surface area contributed by atoms with Gasteiger partial charge in [-0.25, -0.2) is 0 Å². The van der Waals surface area contributed by atoms with Crippen LogP contribution in [0.2, 0.25) is 0 Å². The van der Waals surface area contributed by atoms with Crippen LogP contribution in [0.25, 0.3) is 0 Å². The molecule has 2 atom stereocenters. The molecule has 0 heterocycles. The van der Waals surface area contributed by atoms with E-state index < -0.39 is 0 Å². The zero-order valence-electron chi connectivity index (χ0n) is 10.6. The van der Waals surface area contributed by atoms with Gasteiger partial charge in [-0.3, -0.25) is 4.90 Å². The Morgan fingerprint density at radius 2 is 1.88 bits per heavy atom. The number of hydrogen-bond donors (Lipinski definition) is 1. The molecule has 0 spiro atoms. The lowest BCUT2D eigenvalue weighted by molar-refractivity contribution is 0.0456. The summed E-state index contributed by atoms with van der Waals surface area (Å²) in [5.74, 6) is 2.07. The highest BCUT2D eigenvalue weighted by Gasteiger charge is 2.46. The SMILES string of the molecule is CN(C1CC1)C1(CN)CCCC(C2CC2)C1. The lowest BCUT2D eigenvalue weighted by Crippen LogP contribution is -2.55. The Kier molecular flexibility index (Phi) is 2.75. The van der Waals surface area contributed by atoms with Crippen molar-refractivity contribution < 1.29 is 0 Å². The van der Waals surface area contributed by atoms with Crippen molar-refractivity contribution >= 4 is 0 Å². The first-order valence-corrected chi connectivity index (χ1v) is 7.18. The molecule has 0 saturated heterocycles. The molecule has 3 fully saturated rings. The molecule has 3 saturated carbocycles. The van der Waals surface area contributed by atoms with E-state index in [9.17, 15) is 0 Å². The molecule has 92 valence electrons. The van der Waals surface area contributed by atoms with Gasteiger partial charge in [0.2, 0.25) is 0 Å². The largest absolute Gasteiger partial charge is 0.329 e. The summed E-state index contributed by atoms with van der Waals surface area (Å²) in [6.45, 7) is 0.878. The van der Waals surface area contributed by atoms with Gasteiger partial charge < -0.3 is 5.73 Å². The van der Waals surface area contributed by atoms with E-state index in [1.54, 1.807) is 0 Å². The van der Waals surface area contributed by atoms with Crippen LogP contribution in [0, 0.1) is 11.8 Å². The van der Waals surface area contributed by atoms with E-state index >= 15 is 0 Å². The van der Waals surface area contributed by atoms with Crippen LogP contribution in [0.5, 0.6) is 0 Å². The summed E-state index contributed by atoms with van der Waals surface area (Å²) in [4.78, 5) is 2.65. The van der Waals surface area contributed by atoms with Gasteiger partial charge >= 0.3 is 0 Å². The zero-order valence-corrected chi connectivity index (χ0v) is 10.6. The van der Waals surface area contributed by atoms with E-state index in [0.29, 0.717) is 5.54 Å². The highest BCUT2D eigenvalue weighted by molar-refractivity contribution is 5.02. The molecule has 3 aliphatic carbocycles. The maximum absolute atomic E-state index is 6.15. The monoisotopic (exact) mass is 222 g/mol. The second-order valence-corrected chi connectivity index (χ2v) is 6.46. The lowest BCUT2D eigenvalue weighted by Gasteiger charge is -2.47. The van der Waals surface area contributed by atoms with Crippen LogP contribution >= 0.6 is 0 Å². The van der Waals surface area contributed by atoms with Crippen LogP contribution in [0.15, 0.2) is 0 Å². The van der Waals surface area contributed by atoms with Gasteiger partial charge in [0.1, 0.15) is 0 Å². The normalized spacial score (nSPS) is 40.3. The van der Waals surface area contributed by atoms with E-state index in [-0.39, 0.29) is 0 Å². The third-order valence-electron chi connectivity index (χ3n) is 5.37. The molecule has 0 aromatic heterocycles. The summed E-state index contributed by atoms with van der Waals surface area (Å²) in [5.41, 5.74) is 6.51. The molecule has 2 N–H and O–H groups in total. The first kappa shape index (κ1) is 11.0. The summed E-state index contributed by atoms with van der Waals surface area (Å²) in [6.07, 6.45) is 11.4. The molecule has 16 heavy (non-hydrogen) atoms. The third kappa shape index (κ3) is 1.91. The topological polar surface area (TPSA) is 29.3 Å². The van der Waals surface area contributed by atoms with Crippen molar-refractivity contribution in [3.63, 3.8) is 0 Å². The standard InChI is InChI=1S/C14H26N2/c1-16(13-6-7-13)14(10-15)8-2-3-12(9-14)11-4-5-11/h11-13H,2-10,15H2,1H3. The van der Waals surface area contributed by atoms with E-state index in [0.717, 1.165) is 24.4 Å². The second kappa shape index (κ2) is 3.99. The Morgan fingerprint density at radius 1 is 1.12 bits per heavy atom. The van der Waals surface area contributed by atoms with Gasteiger partial charge in [0, 0.05) is 18.1 Å². The minimum absolute atomic E-state index is 0.368. The average molecular weight is 222 g/mol. The Labute approximate surface area is 99.6 Å². The predicted molar refractivity (Wildman–Crippen MR) is 67.3 cm³/mol. The maximum atomic E-state index is 6.15. The Hall–Kier alpha value is -0.0800. The van der Waals surface area contributed by atoms with Gasteiger partial charge in [0.15, 0.2) is 0 Å². The molecule has 2 nitrogen and oxygen atoms in total. The molecule has 2 unspecified atom stereocenters. The number of rotatable bonds is 4. The van der Waals surface area contributed by atoms with Crippen molar-refractivity contribution in [3.05, 3.63) is 0 Å². The minimum atomic E-state index is 0.368. The molecular formula is C14H26N2. The summed E-state index contributed by atoms with van der Waals surface area (Å²) >= 11 is 0. The van der Waals surface area contributed by atoms with Crippen molar-refractivity contribution in [2.45, 2.75) is 62.9 Å². The Balaban J connectivity index is 1.71. The smallest absolute Gasteiger partial charge is 0.0334 e. The molecule has 3 aliphatic rings. The van der Waals surface area contributed by atoms with Crippen molar-refractivity contribution in [2.24, 2.45) is 17.6 Å². The van der Waals surface area contributed by atoms with Gasteiger partial charge in [-0.05, 0) is 57.4 Å². The molecular weight excluding hydrogens is 196 g/mol. The summed E-state index contributed by atoms with van der Waals surface area (Å²) < 4.78 is 0. The van der Waals surface area contributed by atoms with Crippen LogP contribution in [-0.2, 0) is 0 Å². The molecule has 0 aliphatic heterocycles. The van der Waals surface area contributed by atoms with Gasteiger partial charge in [-0.2, -0.15) is 0 Å². The quantitative estimate of drug-likeness (QED) is 0.791. The van der Waals surface area contributed by atoms with E-state index in [4.69, 9.17) is 5.73 Å². The lowest BCUT2D eigenvalue weighted by atomic mass is 9.73. The van der Waals surface area contributed by atoms with E-state index in [1.165, 1.54) is 51.4 Å². The number of nitrogens with zero attached hydrogens (tertiary/aromatic N) is 1. The van der Waals surface area contributed by atoms with Crippen LogP contribution in [0.3, 0.4) is 0 Å². The number of likely N-dealkylation sites (N-methyl/N-ethyl adjacent to an activating group) is 1. The molecule has 3 rings (SSSR count). The first-order valence-electron chi connectivity index (χ1n) is 7.18. The molecule has 0 aromatic rings. The maximum Gasteiger partial charge on any atom is 0.0334 e. The summed E-state index contributed by atoms with van der Waals surface area (Å²) in [5, 5.41) is 0. The zero-order chi connectivity index (χ0) is 11.2. The number of nitrogens with two attached hydrogens (primary N) is 1. The highest BCUT2D eigenvalue weighted by atomic mass is 15.2. The second-order valence-electron chi connectivity index (χ2n) is 6.46. The van der Waals surface area contributed by atoms with Crippen LogP contribution in [0.4, 0.5) is 0 Å². The predicted octanol–water partition coefficient (Wildman–Crippen LogP) is 2.38. The van der Waals surface area contributed by atoms with Crippen molar-refractivity contribution in [3.8, 4) is 0 Å². The first-order chi connectivity index (χ1) is 7.75. The van der Waals surface area contributed by atoms with Crippen LogP contribution in [-0.4, -0.2) is 30.1 Å². The minimum Gasteiger partial charge on any atom is -0.329 e. The summed E-state index contributed by atoms with van der Waals surface area (Å²) in [7, 11) is 2.33. The van der Waals surface area contributed by atoms with Gasteiger partial charge in [-0.1, -0.05) is 12.8 Å². The Bertz CT molecular complexity index is 257. The van der Waals surface area contributed by atoms with Crippen molar-refractivity contribution in [1.82, 2.24) is 4.90 Å². The fourth-order valence-corrected chi connectivity index (χ4v) is 3.85. The van der Waals surface area contributed by atoms with Gasteiger partial charge in [-0.15, -0.1) is 0 Å². The number of hydrogen-bond acceptors (Lipinski definition) is 2. The molecule has 0 bridgehead atoms. The van der Waals surface area contributed by atoms with E-state index in [1.807, 2.05) is 0 Å². The molecule has 2 heteroatoms. The van der Waals surface area contributed by atoms with Gasteiger partial charge in [0.25, 0.3) is 0 Å². The third-order valence-corrected chi connectivity index (χ3v) is 5.37. The van der Waals surface area contributed by atoms with Crippen LogP contribution in [0.1, 0.15) is 51.4 Å². The van der Waals surface area contributed by atoms with Gasteiger partial charge in [0.05, 0.1) is 0 Å². The molecule has 0 radical (unpaired) electrons. The fraction of sp³-hybridized carbons (Fsp3) is 1.00. The highest BCUT2D eigenvalue weighted by Crippen LogP contribution is 2.49. The molecule has 0 aromatic carbocycles. The van der Waals surface area contributed by atoms with Crippen molar-refractivity contribution in [2.75, 3.05) is 13.6 Å². The van der Waals surface area contributed by atoms with Crippen molar-refractivity contribution in [1.29, 1.82) is 0 Å². The Morgan fingerprint density at radius 3 is 2.44 bits per heavy atom. The van der Waals surface area contributed by atoms with Crippen LogP contribution < -0.4 is 5.73 Å². The summed E-state index contributed by atoms with van der Waals surface area (Å²) in [6, 6.07) is 0.863. The molecule has 0 amide bonds. The fourth-order valence-electron chi connectivity index (χ4n) is 3.85.